The number of fused-ring (bicyclic) bond motifs is 1. The van der Waals surface area contributed by atoms with E-state index in [4.69, 9.17) is 10.2 Å². The Hall–Kier alpha value is -3.65. The number of carbonyl (C=O) groups excluding carboxylic acids is 2. The van der Waals surface area contributed by atoms with Gasteiger partial charge in [0, 0.05) is 22.7 Å². The fourth-order valence-electron chi connectivity index (χ4n) is 4.06. The molecule has 0 fully saturated rings. The van der Waals surface area contributed by atoms with Crippen LogP contribution in [0.25, 0.3) is 21.5 Å². The number of thiophene rings is 1. The fraction of sp³-hybridized carbons (Fsp3) is 0.296. The summed E-state index contributed by atoms with van der Waals surface area (Å²) < 4.78 is 5.96. The van der Waals surface area contributed by atoms with Crippen molar-refractivity contribution in [3.05, 3.63) is 63.4 Å². The number of benzene rings is 1. The van der Waals surface area contributed by atoms with Gasteiger partial charge in [-0.05, 0) is 64.8 Å². The van der Waals surface area contributed by atoms with Crippen molar-refractivity contribution in [2.24, 2.45) is 0 Å². The highest BCUT2D eigenvalue weighted by Gasteiger charge is 2.28. The van der Waals surface area contributed by atoms with Crippen LogP contribution in [0, 0.1) is 27.7 Å². The van der Waals surface area contributed by atoms with E-state index in [0.717, 1.165) is 17.5 Å². The van der Waals surface area contributed by atoms with Crippen LogP contribution in [0.5, 0.6) is 0 Å². The number of nitrogens with two attached hydrogens (primary N) is 1. The molecule has 4 N–H and O–H groups in total. The van der Waals surface area contributed by atoms with Crippen LogP contribution >= 0.6 is 11.3 Å². The number of hydrogen-bond donors (Lipinski definition) is 3. The maximum atomic E-state index is 13.6. The van der Waals surface area contributed by atoms with Crippen LogP contribution < -0.4 is 16.4 Å². The smallest absolute Gasteiger partial charge is 0.263 e. The number of aromatic nitrogens is 1. The van der Waals surface area contributed by atoms with E-state index in [1.54, 1.807) is 6.92 Å². The van der Waals surface area contributed by atoms with E-state index in [2.05, 4.69) is 15.6 Å². The molecule has 0 saturated heterocycles. The highest BCUT2D eigenvalue weighted by Crippen LogP contribution is 2.42. The predicted molar refractivity (Wildman–Crippen MR) is 142 cm³/mol. The van der Waals surface area contributed by atoms with Crippen LogP contribution in [-0.4, -0.2) is 22.8 Å². The van der Waals surface area contributed by atoms with E-state index in [9.17, 15) is 9.59 Å². The van der Waals surface area contributed by atoms with Crippen molar-refractivity contribution in [3.8, 4) is 11.3 Å². The van der Waals surface area contributed by atoms with Crippen molar-refractivity contribution in [2.75, 3.05) is 11.1 Å². The lowest BCUT2D eigenvalue weighted by Crippen LogP contribution is -2.31. The third kappa shape index (κ3) is 4.66. The maximum absolute atomic E-state index is 13.6. The Morgan fingerprint density at radius 1 is 1.11 bits per heavy atom. The van der Waals surface area contributed by atoms with E-state index >= 15 is 0 Å². The first-order valence-electron chi connectivity index (χ1n) is 11.6. The molecule has 8 heteroatoms. The van der Waals surface area contributed by atoms with Crippen molar-refractivity contribution in [3.63, 3.8) is 0 Å². The summed E-state index contributed by atoms with van der Waals surface area (Å²) in [5.74, 6) is 0.638. The minimum atomic E-state index is -0.316. The Morgan fingerprint density at radius 2 is 1.86 bits per heavy atom. The highest BCUT2D eigenvalue weighted by atomic mass is 32.1. The SMILES string of the molecule is CC[C@H](C)NC(=O)c1sc2nc(C)c(C(=O)Nc3ccc(C)cc3C)c(-c3ccc(C)o3)c2c1N. The van der Waals surface area contributed by atoms with Gasteiger partial charge >= 0.3 is 0 Å². The van der Waals surface area contributed by atoms with Crippen molar-refractivity contribution < 1.29 is 14.0 Å². The number of anilines is 2. The molecule has 0 radical (unpaired) electrons. The third-order valence-electron chi connectivity index (χ3n) is 6.10. The molecule has 0 aliphatic heterocycles. The topological polar surface area (TPSA) is 110 Å². The lowest BCUT2D eigenvalue weighted by atomic mass is 9.99. The van der Waals surface area contributed by atoms with Gasteiger partial charge in [0.1, 0.15) is 21.2 Å². The second-order valence-electron chi connectivity index (χ2n) is 8.94. The number of rotatable bonds is 6. The van der Waals surface area contributed by atoms with Crippen LogP contribution in [0.1, 0.15) is 62.9 Å². The summed E-state index contributed by atoms with van der Waals surface area (Å²) >= 11 is 1.22. The van der Waals surface area contributed by atoms with E-state index in [-0.39, 0.29) is 17.9 Å². The number of aryl methyl sites for hydroxylation is 4. The van der Waals surface area contributed by atoms with Gasteiger partial charge in [-0.3, -0.25) is 9.59 Å². The van der Waals surface area contributed by atoms with Gasteiger partial charge < -0.3 is 20.8 Å². The first-order valence-corrected chi connectivity index (χ1v) is 12.4. The Morgan fingerprint density at radius 3 is 2.49 bits per heavy atom. The average molecular weight is 491 g/mol. The molecule has 35 heavy (non-hydrogen) atoms. The molecule has 1 aromatic carbocycles. The Bertz CT molecular complexity index is 1450. The molecule has 3 aromatic heterocycles. The zero-order valence-electron chi connectivity index (χ0n) is 20.8. The van der Waals surface area contributed by atoms with Crippen LogP contribution in [0.2, 0.25) is 0 Å². The van der Waals surface area contributed by atoms with E-state index < -0.39 is 0 Å². The van der Waals surface area contributed by atoms with Gasteiger partial charge in [0.05, 0.1) is 16.9 Å². The molecule has 0 spiro atoms. The minimum absolute atomic E-state index is 0.00749. The quantitative estimate of drug-likeness (QED) is 0.300. The molecule has 0 saturated carbocycles. The summed E-state index contributed by atoms with van der Waals surface area (Å²) in [5, 5.41) is 6.54. The molecule has 2 amide bonds. The Labute approximate surface area is 208 Å². The summed E-state index contributed by atoms with van der Waals surface area (Å²) in [5.41, 5.74) is 11.1. The summed E-state index contributed by atoms with van der Waals surface area (Å²) in [6, 6.07) is 9.51. The molecule has 7 nitrogen and oxygen atoms in total. The zero-order chi connectivity index (χ0) is 25.4. The normalized spacial score (nSPS) is 12.1. The molecule has 1 atom stereocenters. The minimum Gasteiger partial charge on any atom is -0.461 e. The van der Waals surface area contributed by atoms with Crippen LogP contribution in [-0.2, 0) is 0 Å². The van der Waals surface area contributed by atoms with Crippen LogP contribution in [0.15, 0.2) is 34.7 Å². The van der Waals surface area contributed by atoms with Crippen molar-refractivity contribution in [1.29, 1.82) is 0 Å². The van der Waals surface area contributed by atoms with E-state index in [1.165, 1.54) is 11.3 Å². The number of pyridine rings is 1. The maximum Gasteiger partial charge on any atom is 0.263 e. The summed E-state index contributed by atoms with van der Waals surface area (Å²) in [4.78, 5) is 32.2. The van der Waals surface area contributed by atoms with Crippen molar-refractivity contribution in [1.82, 2.24) is 10.3 Å². The van der Waals surface area contributed by atoms with Crippen LogP contribution in [0.4, 0.5) is 11.4 Å². The van der Waals surface area contributed by atoms with Crippen molar-refractivity contribution >= 4 is 44.7 Å². The molecule has 182 valence electrons. The molecule has 0 aliphatic rings. The van der Waals surface area contributed by atoms with E-state index in [0.29, 0.717) is 54.8 Å². The number of nitrogen functional groups attached to an aromatic ring is 1. The molecular formula is C27H30N4O3S. The molecule has 0 unspecified atom stereocenters. The van der Waals surface area contributed by atoms with Gasteiger partial charge in [0.25, 0.3) is 11.8 Å². The van der Waals surface area contributed by atoms with Crippen LogP contribution in [0.3, 0.4) is 0 Å². The largest absolute Gasteiger partial charge is 0.461 e. The van der Waals surface area contributed by atoms with Gasteiger partial charge in [-0.25, -0.2) is 4.98 Å². The second kappa shape index (κ2) is 9.54. The Balaban J connectivity index is 1.91. The number of nitrogens with one attached hydrogen (secondary N) is 2. The lowest BCUT2D eigenvalue weighted by Gasteiger charge is -2.15. The molecule has 4 rings (SSSR count). The first kappa shape index (κ1) is 24.5. The average Bonchev–Trinajstić information content (AvgIpc) is 3.37. The van der Waals surface area contributed by atoms with Gasteiger partial charge in [0.15, 0.2) is 0 Å². The fourth-order valence-corrected chi connectivity index (χ4v) is 5.11. The molecule has 3 heterocycles. The summed E-state index contributed by atoms with van der Waals surface area (Å²) in [6.45, 7) is 11.5. The predicted octanol–water partition coefficient (Wildman–Crippen LogP) is 6.15. The molecular weight excluding hydrogens is 460 g/mol. The van der Waals surface area contributed by atoms with Crippen molar-refractivity contribution in [2.45, 2.75) is 54.0 Å². The zero-order valence-corrected chi connectivity index (χ0v) is 21.6. The molecule has 4 aromatic rings. The van der Waals surface area contributed by atoms with Gasteiger partial charge in [-0.1, -0.05) is 24.6 Å². The summed E-state index contributed by atoms with van der Waals surface area (Å²) in [6.07, 6.45) is 0.799. The number of furan rings is 1. The Kier molecular flexibility index (Phi) is 6.67. The standard InChI is InChI=1S/C27H30N4O3S/c1-7-15(4)29-26(33)24-23(28)22-21(19-11-9-16(5)34-19)20(17(6)30-27(22)35-24)25(32)31-18-10-8-13(2)12-14(18)3/h8-12,15H,7,28H2,1-6H3,(H,29,33)(H,31,32)/t15-/m0/s1. The van der Waals surface area contributed by atoms with Gasteiger partial charge in [-0.15, -0.1) is 11.3 Å². The van der Waals surface area contributed by atoms with Gasteiger partial charge in [0.2, 0.25) is 0 Å². The summed E-state index contributed by atoms with van der Waals surface area (Å²) in [7, 11) is 0. The third-order valence-corrected chi connectivity index (χ3v) is 7.20. The molecule has 0 aliphatic carbocycles. The second-order valence-corrected chi connectivity index (χ2v) is 9.94. The monoisotopic (exact) mass is 490 g/mol. The number of amides is 2. The lowest BCUT2D eigenvalue weighted by molar-refractivity contribution is 0.0943. The molecule has 0 bridgehead atoms. The number of hydrogen-bond acceptors (Lipinski definition) is 6. The first-order chi connectivity index (χ1) is 16.6. The van der Waals surface area contributed by atoms with Gasteiger partial charge in [-0.2, -0.15) is 0 Å². The number of nitrogens with zero attached hydrogens (tertiary/aromatic N) is 1. The van der Waals surface area contributed by atoms with E-state index in [1.807, 2.05) is 65.0 Å². The highest BCUT2D eigenvalue weighted by molar-refractivity contribution is 7.21. The number of carbonyl (C=O) groups is 2.